The molecule has 1 aromatic carbocycles. The number of rotatable bonds is 4. The van der Waals surface area contributed by atoms with Crippen molar-refractivity contribution in [2.75, 3.05) is 5.32 Å². The van der Waals surface area contributed by atoms with Crippen LogP contribution in [-0.2, 0) is 12.7 Å². The third-order valence-electron chi connectivity index (χ3n) is 3.89. The number of hydrogen-bond donors (Lipinski definition) is 2. The molecule has 0 unspecified atom stereocenters. The van der Waals surface area contributed by atoms with Gasteiger partial charge in [-0.05, 0) is 30.3 Å². The molecule has 0 aliphatic carbocycles. The van der Waals surface area contributed by atoms with Crippen LogP contribution in [0.3, 0.4) is 0 Å². The Kier molecular flexibility index (Phi) is 5.55. The van der Waals surface area contributed by atoms with E-state index in [0.29, 0.717) is 11.8 Å². The Balaban J connectivity index is 1.94. The van der Waals surface area contributed by atoms with Gasteiger partial charge in [0.15, 0.2) is 0 Å². The lowest BCUT2D eigenvalue weighted by molar-refractivity contribution is -0.137. The second-order valence-corrected chi connectivity index (χ2v) is 6.27. The molecule has 0 fully saturated rings. The smallest absolute Gasteiger partial charge is 0.320 e. The second-order valence-electron chi connectivity index (χ2n) is 5.87. The molecule has 0 saturated heterocycles. The molecule has 3 rings (SSSR count). The number of hydrogen-bond acceptors (Lipinski definition) is 4. The molecule has 0 saturated carbocycles. The fraction of sp³-hybridized carbons (Fsp3) is 0.111. The Bertz CT molecular complexity index is 1170. The van der Waals surface area contributed by atoms with Gasteiger partial charge in [-0.25, -0.2) is 4.79 Å². The summed E-state index contributed by atoms with van der Waals surface area (Å²) in [6, 6.07) is 7.29. The van der Waals surface area contributed by atoms with Crippen LogP contribution in [0.25, 0.3) is 0 Å². The van der Waals surface area contributed by atoms with Crippen LogP contribution < -0.4 is 16.6 Å². The molecule has 2 heterocycles. The minimum Gasteiger partial charge on any atom is -0.320 e. The van der Waals surface area contributed by atoms with Crippen molar-refractivity contribution in [1.29, 1.82) is 0 Å². The van der Waals surface area contributed by atoms with Crippen molar-refractivity contribution in [3.8, 4) is 0 Å². The molecule has 150 valence electrons. The van der Waals surface area contributed by atoms with E-state index >= 15 is 0 Å². The SMILES string of the molecule is O=C(Nc1cc(C(F)(F)F)ccc1Cl)c1c[nH]c(=O)n(Cc2ccccn2)c1=O. The largest absolute Gasteiger partial charge is 0.416 e. The first-order valence-electron chi connectivity index (χ1n) is 8.07. The first kappa shape index (κ1) is 20.3. The van der Waals surface area contributed by atoms with Gasteiger partial charge in [-0.1, -0.05) is 17.7 Å². The van der Waals surface area contributed by atoms with Gasteiger partial charge in [-0.3, -0.25) is 19.1 Å². The van der Waals surface area contributed by atoms with Gasteiger partial charge in [0.05, 0.1) is 28.5 Å². The number of halogens is 4. The fourth-order valence-corrected chi connectivity index (χ4v) is 2.62. The van der Waals surface area contributed by atoms with Gasteiger partial charge in [-0.2, -0.15) is 13.2 Å². The summed E-state index contributed by atoms with van der Waals surface area (Å²) in [6.07, 6.45) is -2.28. The molecule has 1 amide bonds. The third-order valence-corrected chi connectivity index (χ3v) is 4.22. The van der Waals surface area contributed by atoms with Gasteiger partial charge in [0.2, 0.25) is 0 Å². The lowest BCUT2D eigenvalue weighted by Crippen LogP contribution is -2.39. The third kappa shape index (κ3) is 4.54. The zero-order chi connectivity index (χ0) is 21.2. The summed E-state index contributed by atoms with van der Waals surface area (Å²) in [7, 11) is 0. The highest BCUT2D eigenvalue weighted by Crippen LogP contribution is 2.33. The predicted octanol–water partition coefficient (Wildman–Crippen LogP) is 2.90. The molecule has 2 aromatic heterocycles. The fourth-order valence-electron chi connectivity index (χ4n) is 2.46. The number of pyridine rings is 1. The molecule has 3 aromatic rings. The average molecular weight is 425 g/mol. The Hall–Kier alpha value is -3.40. The molecule has 29 heavy (non-hydrogen) atoms. The summed E-state index contributed by atoms with van der Waals surface area (Å²) in [5.74, 6) is -1.03. The molecule has 2 N–H and O–H groups in total. The van der Waals surface area contributed by atoms with E-state index < -0.39 is 34.5 Å². The number of carbonyl (C=O) groups is 1. The standard InChI is InChI=1S/C18H12ClF3N4O3/c19-13-5-4-10(18(20,21)22)7-14(13)25-15(27)12-8-24-17(29)26(16(12)28)9-11-3-1-2-6-23-11/h1-8H,9H2,(H,24,29)(H,25,27). The maximum absolute atomic E-state index is 12.9. The Morgan fingerprint density at radius 1 is 1.21 bits per heavy atom. The molecule has 11 heteroatoms. The number of carbonyl (C=O) groups excluding carboxylic acids is 1. The van der Waals surface area contributed by atoms with Crippen LogP contribution in [0.4, 0.5) is 18.9 Å². The zero-order valence-corrected chi connectivity index (χ0v) is 15.2. The summed E-state index contributed by atoms with van der Waals surface area (Å²) in [6.45, 7) is -0.194. The maximum atomic E-state index is 12.9. The number of alkyl halides is 3. The number of benzene rings is 1. The summed E-state index contributed by atoms with van der Waals surface area (Å²) in [5, 5.41) is 2.02. The van der Waals surface area contributed by atoms with Crippen molar-refractivity contribution in [3.63, 3.8) is 0 Å². The van der Waals surface area contributed by atoms with E-state index in [2.05, 4.69) is 15.3 Å². The van der Waals surface area contributed by atoms with E-state index in [9.17, 15) is 27.6 Å². The van der Waals surface area contributed by atoms with E-state index in [0.717, 1.165) is 22.9 Å². The van der Waals surface area contributed by atoms with Gasteiger partial charge in [0, 0.05) is 12.4 Å². The topological polar surface area (TPSA) is 96.8 Å². The molecule has 0 aliphatic rings. The van der Waals surface area contributed by atoms with Crippen molar-refractivity contribution in [1.82, 2.24) is 14.5 Å². The highest BCUT2D eigenvalue weighted by Gasteiger charge is 2.31. The van der Waals surface area contributed by atoms with Crippen molar-refractivity contribution in [3.05, 3.63) is 91.5 Å². The minimum absolute atomic E-state index is 0.149. The number of nitrogens with one attached hydrogen (secondary N) is 2. The predicted molar refractivity (Wildman–Crippen MR) is 99.1 cm³/mol. The van der Waals surface area contributed by atoms with Gasteiger partial charge < -0.3 is 10.3 Å². The summed E-state index contributed by atoms with van der Waals surface area (Å²) in [4.78, 5) is 43.3. The monoisotopic (exact) mass is 424 g/mol. The average Bonchev–Trinajstić information content (AvgIpc) is 2.66. The van der Waals surface area contributed by atoms with Crippen LogP contribution in [0.2, 0.25) is 5.02 Å². The van der Waals surface area contributed by atoms with Gasteiger partial charge in [0.1, 0.15) is 5.56 Å². The molecule has 0 radical (unpaired) electrons. The van der Waals surface area contributed by atoms with Gasteiger partial charge >= 0.3 is 11.9 Å². The molecular formula is C18H12ClF3N4O3. The van der Waals surface area contributed by atoms with Crippen LogP contribution in [0.5, 0.6) is 0 Å². The van der Waals surface area contributed by atoms with Crippen molar-refractivity contribution in [2.24, 2.45) is 0 Å². The number of nitrogens with zero attached hydrogens (tertiary/aromatic N) is 2. The Morgan fingerprint density at radius 2 is 1.97 bits per heavy atom. The lowest BCUT2D eigenvalue weighted by atomic mass is 10.2. The maximum Gasteiger partial charge on any atom is 0.416 e. The number of H-pyrrole nitrogens is 1. The number of aromatic nitrogens is 3. The summed E-state index contributed by atoms with van der Waals surface area (Å²) < 4.78 is 39.4. The van der Waals surface area contributed by atoms with E-state index in [-0.39, 0.29) is 17.3 Å². The second kappa shape index (κ2) is 7.92. The van der Waals surface area contributed by atoms with Crippen molar-refractivity contribution >= 4 is 23.2 Å². The quantitative estimate of drug-likeness (QED) is 0.673. The summed E-state index contributed by atoms with van der Waals surface area (Å²) in [5.41, 5.74) is -3.12. The molecular weight excluding hydrogens is 413 g/mol. The Labute approximate surface area is 165 Å². The van der Waals surface area contributed by atoms with Crippen LogP contribution in [0.1, 0.15) is 21.6 Å². The summed E-state index contributed by atoms with van der Waals surface area (Å²) >= 11 is 5.85. The normalized spacial score (nSPS) is 11.3. The van der Waals surface area contributed by atoms with E-state index in [4.69, 9.17) is 11.6 Å². The Morgan fingerprint density at radius 3 is 2.62 bits per heavy atom. The highest BCUT2D eigenvalue weighted by molar-refractivity contribution is 6.34. The van der Waals surface area contributed by atoms with Crippen molar-refractivity contribution in [2.45, 2.75) is 12.7 Å². The van der Waals surface area contributed by atoms with Gasteiger partial charge in [-0.15, -0.1) is 0 Å². The first-order chi connectivity index (χ1) is 13.7. The van der Waals surface area contributed by atoms with Crippen LogP contribution in [0.15, 0.2) is 58.4 Å². The molecule has 0 aliphatic heterocycles. The molecule has 0 spiro atoms. The molecule has 0 atom stereocenters. The van der Waals surface area contributed by atoms with Crippen LogP contribution in [0, 0.1) is 0 Å². The molecule has 0 bridgehead atoms. The number of aromatic amines is 1. The van der Waals surface area contributed by atoms with Crippen molar-refractivity contribution < 1.29 is 18.0 Å². The van der Waals surface area contributed by atoms with Gasteiger partial charge in [0.25, 0.3) is 11.5 Å². The van der Waals surface area contributed by atoms with Crippen LogP contribution in [-0.4, -0.2) is 20.4 Å². The highest BCUT2D eigenvalue weighted by atomic mass is 35.5. The zero-order valence-electron chi connectivity index (χ0n) is 14.5. The van der Waals surface area contributed by atoms with E-state index in [1.807, 2.05) is 0 Å². The first-order valence-corrected chi connectivity index (χ1v) is 8.45. The number of anilines is 1. The molecule has 7 nitrogen and oxygen atoms in total. The van der Waals surface area contributed by atoms with E-state index in [1.165, 1.54) is 6.20 Å². The minimum atomic E-state index is -4.64. The lowest BCUT2D eigenvalue weighted by Gasteiger charge is -2.12. The van der Waals surface area contributed by atoms with Crippen LogP contribution >= 0.6 is 11.6 Å². The van der Waals surface area contributed by atoms with E-state index in [1.54, 1.807) is 18.2 Å². The number of amides is 1.